The van der Waals surface area contributed by atoms with Crippen molar-refractivity contribution in [3.8, 4) is 5.75 Å². The maximum absolute atomic E-state index is 12.7. The molecule has 0 amide bonds. The van der Waals surface area contributed by atoms with E-state index in [1.165, 1.54) is 7.11 Å². The number of nitrogens with zero attached hydrogens (tertiary/aromatic N) is 1. The second-order valence-corrected chi connectivity index (χ2v) is 4.99. The number of alkyl halides is 3. The van der Waals surface area contributed by atoms with E-state index in [0.717, 1.165) is 12.1 Å². The molecule has 1 aromatic heterocycles. The molecule has 0 aliphatic rings. The fourth-order valence-corrected chi connectivity index (χ4v) is 2.21. The van der Waals surface area contributed by atoms with E-state index in [9.17, 15) is 13.2 Å². The van der Waals surface area contributed by atoms with E-state index in [4.69, 9.17) is 10.5 Å². The van der Waals surface area contributed by atoms with Gasteiger partial charge in [0.15, 0.2) is 0 Å². The van der Waals surface area contributed by atoms with Crippen LogP contribution in [0.15, 0.2) is 34.8 Å². The van der Waals surface area contributed by atoms with Crippen LogP contribution in [0, 0.1) is 0 Å². The second-order valence-electron chi connectivity index (χ2n) is 4.14. The molecule has 0 saturated carbocycles. The third-order valence-electron chi connectivity index (χ3n) is 2.60. The third-order valence-corrected chi connectivity index (χ3v) is 3.22. The maximum Gasteiger partial charge on any atom is 0.416 e. The summed E-state index contributed by atoms with van der Waals surface area (Å²) in [4.78, 5) is 3.83. The lowest BCUT2D eigenvalue weighted by Gasteiger charge is -2.12. The van der Waals surface area contributed by atoms with Crippen LogP contribution in [0.25, 0.3) is 0 Å². The Morgan fingerprint density at radius 1 is 1.24 bits per heavy atom. The Bertz CT molecular complexity index is 662. The van der Waals surface area contributed by atoms with Crippen molar-refractivity contribution >= 4 is 33.3 Å². The number of benzene rings is 1. The molecule has 0 aliphatic heterocycles. The Morgan fingerprint density at radius 3 is 2.52 bits per heavy atom. The van der Waals surface area contributed by atoms with Gasteiger partial charge >= 0.3 is 6.18 Å². The van der Waals surface area contributed by atoms with Gasteiger partial charge in [0.2, 0.25) is 0 Å². The molecule has 2 rings (SSSR count). The smallest absolute Gasteiger partial charge is 0.416 e. The molecule has 1 heterocycles. The Hall–Kier alpha value is -1.96. The molecular formula is C13H11BrF3N3O. The van der Waals surface area contributed by atoms with Crippen molar-refractivity contribution in [1.29, 1.82) is 0 Å². The van der Waals surface area contributed by atoms with Gasteiger partial charge < -0.3 is 15.8 Å². The topological polar surface area (TPSA) is 60.2 Å². The summed E-state index contributed by atoms with van der Waals surface area (Å²) in [7, 11) is 1.52. The van der Waals surface area contributed by atoms with Gasteiger partial charge in [-0.1, -0.05) is 0 Å². The van der Waals surface area contributed by atoms with Crippen LogP contribution in [-0.2, 0) is 6.18 Å². The van der Waals surface area contributed by atoms with E-state index < -0.39 is 11.7 Å². The average Bonchev–Trinajstić information content (AvgIpc) is 2.37. The lowest BCUT2D eigenvalue weighted by Crippen LogP contribution is -2.08. The lowest BCUT2D eigenvalue weighted by molar-refractivity contribution is -0.137. The normalized spacial score (nSPS) is 11.3. The van der Waals surface area contributed by atoms with Crippen LogP contribution < -0.4 is 15.8 Å². The predicted octanol–water partition coefficient (Wildman–Crippen LogP) is 4.20. The van der Waals surface area contributed by atoms with Crippen LogP contribution in [0.4, 0.5) is 30.5 Å². The molecule has 8 heteroatoms. The minimum atomic E-state index is -4.48. The molecule has 112 valence electrons. The number of hydrogen-bond acceptors (Lipinski definition) is 4. The standard InChI is InChI=1S/C13H11BrF3N3O/c1-21-10-3-2-8(6-9(10)14)19-12-5-7(13(15,16)17)4-11(18)20-12/h2-6H,1H3,(H3,18,19,20). The van der Waals surface area contributed by atoms with Crippen molar-refractivity contribution in [1.82, 2.24) is 4.98 Å². The Morgan fingerprint density at radius 2 is 1.95 bits per heavy atom. The first-order chi connectivity index (χ1) is 9.79. The lowest BCUT2D eigenvalue weighted by atomic mass is 10.2. The molecule has 0 fully saturated rings. The number of anilines is 3. The monoisotopic (exact) mass is 361 g/mol. The molecule has 4 nitrogen and oxygen atoms in total. The first kappa shape index (κ1) is 15.4. The molecular weight excluding hydrogens is 351 g/mol. The average molecular weight is 362 g/mol. The molecule has 0 unspecified atom stereocenters. The highest BCUT2D eigenvalue weighted by Gasteiger charge is 2.31. The van der Waals surface area contributed by atoms with E-state index in [1.54, 1.807) is 18.2 Å². The third kappa shape index (κ3) is 3.78. The first-order valence-corrected chi connectivity index (χ1v) is 6.54. The molecule has 0 aliphatic carbocycles. The number of nitrogen functional groups attached to an aromatic ring is 1. The molecule has 0 radical (unpaired) electrons. The summed E-state index contributed by atoms with van der Waals surface area (Å²) >= 11 is 3.29. The Kier molecular flexibility index (Phi) is 4.26. The van der Waals surface area contributed by atoms with Crippen molar-refractivity contribution < 1.29 is 17.9 Å². The quantitative estimate of drug-likeness (QED) is 0.859. The van der Waals surface area contributed by atoms with Crippen LogP contribution in [0.5, 0.6) is 5.75 Å². The number of rotatable bonds is 3. The first-order valence-electron chi connectivity index (χ1n) is 5.75. The summed E-state index contributed by atoms with van der Waals surface area (Å²) in [5.41, 5.74) is 5.10. The van der Waals surface area contributed by atoms with E-state index in [0.29, 0.717) is 15.9 Å². The molecule has 0 spiro atoms. The van der Waals surface area contributed by atoms with Gasteiger partial charge in [-0.2, -0.15) is 13.2 Å². The second kappa shape index (κ2) is 5.80. The van der Waals surface area contributed by atoms with Crippen LogP contribution >= 0.6 is 15.9 Å². The molecule has 0 atom stereocenters. The van der Waals surface area contributed by atoms with Gasteiger partial charge in [0.05, 0.1) is 17.1 Å². The summed E-state index contributed by atoms with van der Waals surface area (Å²) in [6.45, 7) is 0. The molecule has 21 heavy (non-hydrogen) atoms. The summed E-state index contributed by atoms with van der Waals surface area (Å²) < 4.78 is 43.9. The number of nitrogens with two attached hydrogens (primary N) is 1. The van der Waals surface area contributed by atoms with Gasteiger partial charge in [-0.25, -0.2) is 4.98 Å². The summed E-state index contributed by atoms with van der Waals surface area (Å²) in [5.74, 6) is 0.413. The number of pyridine rings is 1. The van der Waals surface area contributed by atoms with Gasteiger partial charge in [-0.15, -0.1) is 0 Å². The number of ether oxygens (including phenoxy) is 1. The summed E-state index contributed by atoms with van der Waals surface area (Å²) in [6.07, 6.45) is -4.48. The fraction of sp³-hybridized carbons (Fsp3) is 0.154. The van der Waals surface area contributed by atoms with Gasteiger partial charge in [-0.3, -0.25) is 0 Å². The molecule has 0 bridgehead atoms. The number of aromatic nitrogens is 1. The zero-order chi connectivity index (χ0) is 15.6. The SMILES string of the molecule is COc1ccc(Nc2cc(C(F)(F)F)cc(N)n2)cc1Br. The predicted molar refractivity (Wildman–Crippen MR) is 77.6 cm³/mol. The Labute approximate surface area is 127 Å². The summed E-state index contributed by atoms with van der Waals surface area (Å²) in [6, 6.07) is 6.67. The van der Waals surface area contributed by atoms with E-state index in [2.05, 4.69) is 26.2 Å². The van der Waals surface area contributed by atoms with E-state index in [1.807, 2.05) is 0 Å². The van der Waals surface area contributed by atoms with Crippen LogP contribution in [0.2, 0.25) is 0 Å². The van der Waals surface area contributed by atoms with Crippen molar-refractivity contribution in [2.45, 2.75) is 6.18 Å². The van der Waals surface area contributed by atoms with Gasteiger partial charge in [0.1, 0.15) is 17.4 Å². The minimum Gasteiger partial charge on any atom is -0.496 e. The molecule has 2 aromatic rings. The van der Waals surface area contributed by atoms with Gasteiger partial charge in [-0.05, 0) is 46.3 Å². The van der Waals surface area contributed by atoms with Crippen LogP contribution in [-0.4, -0.2) is 12.1 Å². The molecule has 3 N–H and O–H groups in total. The number of halogens is 4. The number of hydrogen-bond donors (Lipinski definition) is 2. The highest BCUT2D eigenvalue weighted by molar-refractivity contribution is 9.10. The zero-order valence-electron chi connectivity index (χ0n) is 10.8. The van der Waals surface area contributed by atoms with Crippen molar-refractivity contribution in [3.63, 3.8) is 0 Å². The maximum atomic E-state index is 12.7. The zero-order valence-corrected chi connectivity index (χ0v) is 12.4. The van der Waals surface area contributed by atoms with E-state index >= 15 is 0 Å². The molecule has 1 aromatic carbocycles. The van der Waals surface area contributed by atoms with Crippen LogP contribution in [0.1, 0.15) is 5.56 Å². The number of methoxy groups -OCH3 is 1. The van der Waals surface area contributed by atoms with Crippen LogP contribution in [0.3, 0.4) is 0 Å². The fourth-order valence-electron chi connectivity index (χ4n) is 1.67. The van der Waals surface area contributed by atoms with E-state index in [-0.39, 0.29) is 11.6 Å². The molecule has 0 saturated heterocycles. The van der Waals surface area contributed by atoms with Crippen molar-refractivity contribution in [3.05, 3.63) is 40.4 Å². The largest absolute Gasteiger partial charge is 0.496 e. The number of nitrogens with one attached hydrogen (secondary N) is 1. The van der Waals surface area contributed by atoms with Gasteiger partial charge in [0.25, 0.3) is 0 Å². The van der Waals surface area contributed by atoms with Gasteiger partial charge in [0, 0.05) is 5.69 Å². The van der Waals surface area contributed by atoms with Crippen molar-refractivity contribution in [2.75, 3.05) is 18.2 Å². The van der Waals surface area contributed by atoms with Crippen molar-refractivity contribution in [2.24, 2.45) is 0 Å². The Balaban J connectivity index is 2.31. The minimum absolute atomic E-state index is 0.0133. The highest BCUT2D eigenvalue weighted by Crippen LogP contribution is 2.33. The summed E-state index contributed by atoms with van der Waals surface area (Å²) in [5, 5.41) is 2.77. The highest BCUT2D eigenvalue weighted by atomic mass is 79.9.